The van der Waals surface area contributed by atoms with Gasteiger partial charge >= 0.3 is 6.03 Å². The number of nitrogens with zero attached hydrogens (tertiary/aromatic N) is 2. The molecule has 2 aromatic heterocycles. The van der Waals surface area contributed by atoms with Crippen LogP contribution in [-0.4, -0.2) is 16.0 Å². The molecule has 0 fully saturated rings. The standard InChI is InChI=1S/C16H15N5OS/c17-13-3-1-11(2-4-13)9-19-15(22)21-16-20-14(10-23-16)12-5-7-18-8-6-12/h1-8,10H,9,17H2,(H2,19,20,21,22). The molecular weight excluding hydrogens is 310 g/mol. The fraction of sp³-hybridized carbons (Fsp3) is 0.0625. The van der Waals surface area contributed by atoms with Gasteiger partial charge in [0.2, 0.25) is 0 Å². The predicted molar refractivity (Wildman–Crippen MR) is 92.1 cm³/mol. The lowest BCUT2D eigenvalue weighted by molar-refractivity contribution is 0.251. The number of carbonyl (C=O) groups is 1. The van der Waals surface area contributed by atoms with E-state index < -0.39 is 0 Å². The summed E-state index contributed by atoms with van der Waals surface area (Å²) in [7, 11) is 0. The Hall–Kier alpha value is -2.93. The van der Waals surface area contributed by atoms with Crippen LogP contribution < -0.4 is 16.4 Å². The summed E-state index contributed by atoms with van der Waals surface area (Å²) in [5, 5.41) is 7.95. The zero-order chi connectivity index (χ0) is 16.1. The summed E-state index contributed by atoms with van der Waals surface area (Å²) < 4.78 is 0. The molecular formula is C16H15N5OS. The van der Waals surface area contributed by atoms with Gasteiger partial charge in [0.15, 0.2) is 5.13 Å². The summed E-state index contributed by atoms with van der Waals surface area (Å²) in [5.74, 6) is 0. The lowest BCUT2D eigenvalue weighted by Gasteiger charge is -2.05. The largest absolute Gasteiger partial charge is 0.399 e. The Labute approximate surface area is 137 Å². The molecule has 0 spiro atoms. The fourth-order valence-corrected chi connectivity index (χ4v) is 2.66. The first kappa shape index (κ1) is 15.0. The highest BCUT2D eigenvalue weighted by molar-refractivity contribution is 7.14. The Balaban J connectivity index is 1.56. The van der Waals surface area contributed by atoms with Crippen molar-refractivity contribution in [1.82, 2.24) is 15.3 Å². The number of nitrogen functional groups attached to an aromatic ring is 1. The van der Waals surface area contributed by atoms with Crippen LogP contribution in [0.15, 0.2) is 54.2 Å². The number of benzene rings is 1. The van der Waals surface area contributed by atoms with Crippen LogP contribution >= 0.6 is 11.3 Å². The van der Waals surface area contributed by atoms with Crippen LogP contribution in [0.2, 0.25) is 0 Å². The molecule has 0 aliphatic rings. The highest BCUT2D eigenvalue weighted by Gasteiger charge is 2.07. The maximum Gasteiger partial charge on any atom is 0.321 e. The van der Waals surface area contributed by atoms with Gasteiger partial charge in [-0.15, -0.1) is 11.3 Å². The van der Waals surface area contributed by atoms with E-state index in [1.165, 1.54) is 11.3 Å². The second-order valence-electron chi connectivity index (χ2n) is 4.82. The number of carbonyl (C=O) groups excluding carboxylic acids is 1. The number of aromatic nitrogens is 2. The SMILES string of the molecule is Nc1ccc(CNC(=O)Nc2nc(-c3ccncc3)cs2)cc1. The van der Waals surface area contributed by atoms with Crippen molar-refractivity contribution in [2.24, 2.45) is 0 Å². The van der Waals surface area contributed by atoms with Gasteiger partial charge < -0.3 is 11.1 Å². The molecule has 2 heterocycles. The molecule has 1 aromatic carbocycles. The van der Waals surface area contributed by atoms with Crippen molar-refractivity contribution in [3.8, 4) is 11.3 Å². The van der Waals surface area contributed by atoms with E-state index in [1.807, 2.05) is 29.6 Å². The third kappa shape index (κ3) is 4.04. The van der Waals surface area contributed by atoms with Gasteiger partial charge in [-0.25, -0.2) is 9.78 Å². The van der Waals surface area contributed by atoms with Crippen molar-refractivity contribution in [2.75, 3.05) is 11.1 Å². The van der Waals surface area contributed by atoms with Crippen LogP contribution in [0.25, 0.3) is 11.3 Å². The van der Waals surface area contributed by atoms with Gasteiger partial charge in [0.05, 0.1) is 5.69 Å². The first-order valence-electron chi connectivity index (χ1n) is 6.96. The average molecular weight is 325 g/mol. The molecule has 2 amide bonds. The van der Waals surface area contributed by atoms with E-state index in [2.05, 4.69) is 20.6 Å². The van der Waals surface area contributed by atoms with Crippen molar-refractivity contribution < 1.29 is 4.79 Å². The lowest BCUT2D eigenvalue weighted by Crippen LogP contribution is -2.28. The number of amides is 2. The molecule has 7 heteroatoms. The normalized spacial score (nSPS) is 10.3. The van der Waals surface area contributed by atoms with Gasteiger partial charge in [0, 0.05) is 35.6 Å². The van der Waals surface area contributed by atoms with E-state index in [9.17, 15) is 4.79 Å². The number of rotatable bonds is 4. The molecule has 6 nitrogen and oxygen atoms in total. The Bertz CT molecular complexity index is 786. The summed E-state index contributed by atoms with van der Waals surface area (Å²) in [6, 6.07) is 10.8. The molecule has 4 N–H and O–H groups in total. The second-order valence-corrected chi connectivity index (χ2v) is 5.68. The fourth-order valence-electron chi connectivity index (χ4n) is 1.95. The Morgan fingerprint density at radius 1 is 1.13 bits per heavy atom. The number of hydrogen-bond donors (Lipinski definition) is 3. The number of urea groups is 1. The van der Waals surface area contributed by atoms with E-state index in [0.29, 0.717) is 17.4 Å². The Morgan fingerprint density at radius 2 is 1.87 bits per heavy atom. The molecule has 0 radical (unpaired) electrons. The van der Waals surface area contributed by atoms with Crippen LogP contribution in [0.5, 0.6) is 0 Å². The quantitative estimate of drug-likeness (QED) is 0.643. The highest BCUT2D eigenvalue weighted by Crippen LogP contribution is 2.24. The molecule has 3 aromatic rings. The molecule has 0 atom stereocenters. The molecule has 3 rings (SSSR count). The van der Waals surface area contributed by atoms with E-state index >= 15 is 0 Å². The van der Waals surface area contributed by atoms with Crippen molar-refractivity contribution in [3.63, 3.8) is 0 Å². The number of anilines is 2. The number of pyridine rings is 1. The summed E-state index contributed by atoms with van der Waals surface area (Å²) in [4.78, 5) is 20.3. The minimum atomic E-state index is -0.294. The van der Waals surface area contributed by atoms with Crippen LogP contribution in [0.4, 0.5) is 15.6 Å². The molecule has 23 heavy (non-hydrogen) atoms. The van der Waals surface area contributed by atoms with Gasteiger partial charge in [0.25, 0.3) is 0 Å². The zero-order valence-electron chi connectivity index (χ0n) is 12.2. The van der Waals surface area contributed by atoms with E-state index in [0.717, 1.165) is 16.8 Å². The van der Waals surface area contributed by atoms with Crippen LogP contribution in [0.3, 0.4) is 0 Å². The molecule has 0 saturated heterocycles. The second kappa shape index (κ2) is 6.89. The molecule has 0 unspecified atom stereocenters. The number of nitrogens with two attached hydrogens (primary N) is 1. The Kier molecular flexibility index (Phi) is 4.49. The van der Waals surface area contributed by atoms with Crippen molar-refractivity contribution >= 4 is 28.2 Å². The maximum absolute atomic E-state index is 11.9. The molecule has 0 aliphatic heterocycles. The molecule has 0 aliphatic carbocycles. The molecule has 0 bridgehead atoms. The van der Waals surface area contributed by atoms with Gasteiger partial charge in [-0.3, -0.25) is 10.3 Å². The minimum Gasteiger partial charge on any atom is -0.399 e. The summed E-state index contributed by atoms with van der Waals surface area (Å²) in [6.45, 7) is 0.425. The maximum atomic E-state index is 11.9. The molecule has 116 valence electrons. The van der Waals surface area contributed by atoms with Crippen molar-refractivity contribution in [1.29, 1.82) is 0 Å². The monoisotopic (exact) mass is 325 g/mol. The zero-order valence-corrected chi connectivity index (χ0v) is 13.0. The van der Waals surface area contributed by atoms with Gasteiger partial charge in [-0.2, -0.15) is 0 Å². The molecule has 0 saturated carbocycles. The van der Waals surface area contributed by atoms with E-state index in [-0.39, 0.29) is 6.03 Å². The van der Waals surface area contributed by atoms with E-state index in [1.54, 1.807) is 24.5 Å². The Morgan fingerprint density at radius 3 is 2.61 bits per heavy atom. The van der Waals surface area contributed by atoms with Gasteiger partial charge in [0.1, 0.15) is 0 Å². The minimum absolute atomic E-state index is 0.294. The first-order chi connectivity index (χ1) is 11.2. The smallest absolute Gasteiger partial charge is 0.321 e. The van der Waals surface area contributed by atoms with Crippen LogP contribution in [0, 0.1) is 0 Å². The summed E-state index contributed by atoms with van der Waals surface area (Å²) in [6.07, 6.45) is 3.42. The topological polar surface area (TPSA) is 92.9 Å². The highest BCUT2D eigenvalue weighted by atomic mass is 32.1. The number of hydrogen-bond acceptors (Lipinski definition) is 5. The van der Waals surface area contributed by atoms with Crippen LogP contribution in [0.1, 0.15) is 5.56 Å². The summed E-state index contributed by atoms with van der Waals surface area (Å²) >= 11 is 1.38. The van der Waals surface area contributed by atoms with Gasteiger partial charge in [-0.1, -0.05) is 12.1 Å². The van der Waals surface area contributed by atoms with E-state index in [4.69, 9.17) is 5.73 Å². The first-order valence-corrected chi connectivity index (χ1v) is 7.84. The lowest BCUT2D eigenvalue weighted by atomic mass is 10.2. The van der Waals surface area contributed by atoms with Gasteiger partial charge in [-0.05, 0) is 29.8 Å². The summed E-state index contributed by atoms with van der Waals surface area (Å²) in [5.41, 5.74) is 9.08. The number of nitrogens with one attached hydrogen (secondary N) is 2. The van der Waals surface area contributed by atoms with Crippen LogP contribution in [-0.2, 0) is 6.54 Å². The number of thiazole rings is 1. The third-order valence-electron chi connectivity index (χ3n) is 3.13. The average Bonchev–Trinajstić information content (AvgIpc) is 3.04. The third-order valence-corrected chi connectivity index (χ3v) is 3.89. The van der Waals surface area contributed by atoms with Crippen molar-refractivity contribution in [3.05, 3.63) is 59.7 Å². The predicted octanol–water partition coefficient (Wildman–Crippen LogP) is 3.11. The van der Waals surface area contributed by atoms with Crippen molar-refractivity contribution in [2.45, 2.75) is 6.54 Å².